The molecule has 19 heavy (non-hydrogen) atoms. The first kappa shape index (κ1) is 12.4. The SMILES string of the molecule is O=Cc1cccc2nc(CCN3CCCCC3)cn12. The third-order valence-corrected chi connectivity index (χ3v) is 3.83. The van der Waals surface area contributed by atoms with Gasteiger partial charge in [-0.1, -0.05) is 12.5 Å². The first-order valence-corrected chi connectivity index (χ1v) is 7.01. The summed E-state index contributed by atoms with van der Waals surface area (Å²) in [6.45, 7) is 3.50. The minimum atomic E-state index is 0.661. The van der Waals surface area contributed by atoms with Crippen molar-refractivity contribution in [2.24, 2.45) is 0 Å². The van der Waals surface area contributed by atoms with Gasteiger partial charge in [0.15, 0.2) is 6.29 Å². The molecule has 0 aliphatic carbocycles. The molecule has 0 atom stereocenters. The first-order valence-electron chi connectivity index (χ1n) is 7.01. The maximum Gasteiger partial charge on any atom is 0.166 e. The second kappa shape index (κ2) is 5.53. The summed E-state index contributed by atoms with van der Waals surface area (Å²) in [7, 11) is 0. The van der Waals surface area contributed by atoms with Crippen molar-refractivity contribution in [3.8, 4) is 0 Å². The van der Waals surface area contributed by atoms with Crippen LogP contribution in [0.1, 0.15) is 35.4 Å². The van der Waals surface area contributed by atoms with E-state index in [2.05, 4.69) is 9.88 Å². The Bertz CT molecular complexity index is 570. The molecule has 100 valence electrons. The predicted molar refractivity (Wildman–Crippen MR) is 74.6 cm³/mol. The molecule has 3 heterocycles. The largest absolute Gasteiger partial charge is 0.303 e. The highest BCUT2D eigenvalue weighted by molar-refractivity contribution is 5.73. The smallest absolute Gasteiger partial charge is 0.166 e. The molecule has 0 unspecified atom stereocenters. The standard InChI is InChI=1S/C15H19N3O/c19-12-14-5-4-6-15-16-13(11-18(14)15)7-10-17-8-2-1-3-9-17/h4-6,11-12H,1-3,7-10H2. The van der Waals surface area contributed by atoms with Crippen LogP contribution in [0.2, 0.25) is 0 Å². The minimum Gasteiger partial charge on any atom is -0.303 e. The molecule has 2 aromatic heterocycles. The average molecular weight is 257 g/mol. The fourth-order valence-corrected chi connectivity index (χ4v) is 2.75. The summed E-state index contributed by atoms with van der Waals surface area (Å²) in [4.78, 5) is 18.1. The number of carbonyl (C=O) groups excluding carboxylic acids is 1. The van der Waals surface area contributed by atoms with Gasteiger partial charge in [-0.3, -0.25) is 9.20 Å². The number of hydrogen-bond donors (Lipinski definition) is 0. The average Bonchev–Trinajstić information content (AvgIpc) is 2.89. The Balaban J connectivity index is 1.72. The van der Waals surface area contributed by atoms with Gasteiger partial charge in [-0.2, -0.15) is 0 Å². The monoisotopic (exact) mass is 257 g/mol. The second-order valence-electron chi connectivity index (χ2n) is 5.18. The van der Waals surface area contributed by atoms with Gasteiger partial charge < -0.3 is 4.90 Å². The number of likely N-dealkylation sites (tertiary alicyclic amines) is 1. The zero-order valence-corrected chi connectivity index (χ0v) is 11.1. The van der Waals surface area contributed by atoms with Crippen LogP contribution >= 0.6 is 0 Å². The Morgan fingerprint density at radius 2 is 2.05 bits per heavy atom. The lowest BCUT2D eigenvalue weighted by Gasteiger charge is -2.25. The number of pyridine rings is 1. The van der Waals surface area contributed by atoms with E-state index in [4.69, 9.17) is 0 Å². The van der Waals surface area contributed by atoms with E-state index in [0.29, 0.717) is 5.69 Å². The second-order valence-corrected chi connectivity index (χ2v) is 5.18. The molecule has 0 spiro atoms. The highest BCUT2D eigenvalue weighted by Gasteiger charge is 2.11. The molecule has 2 aromatic rings. The van der Waals surface area contributed by atoms with E-state index in [-0.39, 0.29) is 0 Å². The van der Waals surface area contributed by atoms with Crippen LogP contribution in [0, 0.1) is 0 Å². The molecule has 1 aliphatic rings. The first-order chi connectivity index (χ1) is 9.36. The summed E-state index contributed by atoms with van der Waals surface area (Å²) in [6.07, 6.45) is 7.83. The molecule has 0 bridgehead atoms. The normalized spacial score (nSPS) is 16.8. The summed E-state index contributed by atoms with van der Waals surface area (Å²) in [5.74, 6) is 0. The van der Waals surface area contributed by atoms with Crippen molar-refractivity contribution in [1.82, 2.24) is 14.3 Å². The van der Waals surface area contributed by atoms with Crippen LogP contribution < -0.4 is 0 Å². The van der Waals surface area contributed by atoms with Gasteiger partial charge in [0.2, 0.25) is 0 Å². The molecule has 0 amide bonds. The topological polar surface area (TPSA) is 37.6 Å². The summed E-state index contributed by atoms with van der Waals surface area (Å²) in [5, 5.41) is 0. The van der Waals surface area contributed by atoms with Gasteiger partial charge in [-0.15, -0.1) is 0 Å². The fraction of sp³-hybridized carbons (Fsp3) is 0.467. The molecule has 3 rings (SSSR count). The van der Waals surface area contributed by atoms with E-state index >= 15 is 0 Å². The van der Waals surface area contributed by atoms with Crippen LogP contribution in [0.3, 0.4) is 0 Å². The fourth-order valence-electron chi connectivity index (χ4n) is 2.75. The lowest BCUT2D eigenvalue weighted by Crippen LogP contribution is -2.31. The van der Waals surface area contributed by atoms with E-state index in [9.17, 15) is 4.79 Å². The predicted octanol–water partition coefficient (Wildman–Crippen LogP) is 2.18. The number of nitrogens with zero attached hydrogens (tertiary/aromatic N) is 3. The number of fused-ring (bicyclic) bond motifs is 1. The lowest BCUT2D eigenvalue weighted by molar-refractivity contribution is 0.111. The van der Waals surface area contributed by atoms with Crippen LogP contribution in [-0.2, 0) is 6.42 Å². The zero-order valence-electron chi connectivity index (χ0n) is 11.1. The number of imidazole rings is 1. The minimum absolute atomic E-state index is 0.661. The van der Waals surface area contributed by atoms with Crippen LogP contribution in [-0.4, -0.2) is 40.2 Å². The van der Waals surface area contributed by atoms with E-state index < -0.39 is 0 Å². The molecule has 1 saturated heterocycles. The summed E-state index contributed by atoms with van der Waals surface area (Å²) < 4.78 is 1.87. The van der Waals surface area contributed by atoms with Gasteiger partial charge in [-0.25, -0.2) is 4.98 Å². The van der Waals surface area contributed by atoms with E-state index in [0.717, 1.165) is 30.6 Å². The van der Waals surface area contributed by atoms with Crippen molar-refractivity contribution in [2.75, 3.05) is 19.6 Å². The van der Waals surface area contributed by atoms with Gasteiger partial charge in [0.05, 0.1) is 11.4 Å². The maximum atomic E-state index is 11.0. The van der Waals surface area contributed by atoms with Gasteiger partial charge in [0, 0.05) is 19.2 Å². The lowest BCUT2D eigenvalue weighted by atomic mass is 10.1. The third-order valence-electron chi connectivity index (χ3n) is 3.83. The number of rotatable bonds is 4. The quantitative estimate of drug-likeness (QED) is 0.788. The van der Waals surface area contributed by atoms with E-state index in [1.54, 1.807) is 0 Å². The molecular weight excluding hydrogens is 238 g/mol. The van der Waals surface area contributed by atoms with Gasteiger partial charge in [0.25, 0.3) is 0 Å². The Morgan fingerprint density at radius 1 is 1.21 bits per heavy atom. The molecule has 0 N–H and O–H groups in total. The van der Waals surface area contributed by atoms with Crippen LogP contribution in [0.25, 0.3) is 5.65 Å². The molecule has 0 saturated carbocycles. The van der Waals surface area contributed by atoms with Crippen molar-refractivity contribution in [3.05, 3.63) is 35.8 Å². The summed E-state index contributed by atoms with van der Waals surface area (Å²) in [5.41, 5.74) is 2.59. The van der Waals surface area contributed by atoms with Crippen molar-refractivity contribution in [1.29, 1.82) is 0 Å². The molecule has 0 aromatic carbocycles. The zero-order chi connectivity index (χ0) is 13.1. The van der Waals surface area contributed by atoms with Crippen LogP contribution in [0.5, 0.6) is 0 Å². The van der Waals surface area contributed by atoms with Crippen molar-refractivity contribution in [3.63, 3.8) is 0 Å². The highest BCUT2D eigenvalue weighted by atomic mass is 16.1. The molecule has 0 radical (unpaired) electrons. The molecule has 4 nitrogen and oxygen atoms in total. The number of piperidine rings is 1. The Hall–Kier alpha value is -1.68. The van der Waals surface area contributed by atoms with E-state index in [1.807, 2.05) is 28.8 Å². The number of aromatic nitrogens is 2. The van der Waals surface area contributed by atoms with Crippen molar-refractivity contribution >= 4 is 11.9 Å². The molecular formula is C15H19N3O. The van der Waals surface area contributed by atoms with Crippen molar-refractivity contribution < 1.29 is 4.79 Å². The maximum absolute atomic E-state index is 11.0. The summed E-state index contributed by atoms with van der Waals surface area (Å²) >= 11 is 0. The number of hydrogen-bond acceptors (Lipinski definition) is 3. The Kier molecular flexibility index (Phi) is 3.60. The summed E-state index contributed by atoms with van der Waals surface area (Å²) in [6, 6.07) is 5.63. The van der Waals surface area contributed by atoms with Crippen molar-refractivity contribution in [2.45, 2.75) is 25.7 Å². The van der Waals surface area contributed by atoms with E-state index in [1.165, 1.54) is 32.4 Å². The molecule has 4 heteroatoms. The Morgan fingerprint density at radius 3 is 2.84 bits per heavy atom. The van der Waals surface area contributed by atoms with Crippen LogP contribution in [0.15, 0.2) is 24.4 Å². The van der Waals surface area contributed by atoms with Gasteiger partial charge in [-0.05, 0) is 38.1 Å². The Labute approximate surface area is 113 Å². The number of carbonyl (C=O) groups is 1. The van der Waals surface area contributed by atoms with Crippen LogP contribution in [0.4, 0.5) is 0 Å². The molecule has 1 aliphatic heterocycles. The molecule has 1 fully saturated rings. The highest BCUT2D eigenvalue weighted by Crippen LogP contribution is 2.11. The number of aldehydes is 1. The van der Waals surface area contributed by atoms with Gasteiger partial charge >= 0.3 is 0 Å². The van der Waals surface area contributed by atoms with Gasteiger partial charge in [0.1, 0.15) is 5.65 Å². The third kappa shape index (κ3) is 2.68.